The van der Waals surface area contributed by atoms with Gasteiger partial charge in [-0.25, -0.2) is 0 Å². The van der Waals surface area contributed by atoms with Crippen LogP contribution in [0.4, 0.5) is 0 Å². The van der Waals surface area contributed by atoms with Crippen molar-refractivity contribution in [2.75, 3.05) is 40.6 Å². The molecule has 2 aromatic rings. The molecule has 0 fully saturated rings. The molecule has 0 unspecified atom stereocenters. The van der Waals surface area contributed by atoms with Crippen molar-refractivity contribution in [3.8, 4) is 11.5 Å². The van der Waals surface area contributed by atoms with E-state index in [1.807, 2.05) is 0 Å². The summed E-state index contributed by atoms with van der Waals surface area (Å²) in [5.41, 5.74) is 0.343. The van der Waals surface area contributed by atoms with Crippen molar-refractivity contribution in [2.24, 2.45) is 0 Å². The monoisotopic (exact) mass is 417 g/mol. The Balaban J connectivity index is 2.08. The van der Waals surface area contributed by atoms with Crippen molar-refractivity contribution in [3.63, 3.8) is 0 Å². The Bertz CT molecular complexity index is 934. The Morgan fingerprint density at radius 2 is 2.00 bits per heavy atom. The van der Waals surface area contributed by atoms with Crippen molar-refractivity contribution >= 4 is 11.7 Å². The molecule has 1 aromatic carbocycles. The SMILES string of the molecule is COc1ccc(OC)c([C@@H]2C(C(=O)c3ccco3)=C(O)C(=O)N2CCOCCO)c1. The minimum absolute atomic E-state index is 0.00501. The molecule has 1 aliphatic heterocycles. The number of nitrogens with zero attached hydrogens (tertiary/aromatic N) is 1. The third kappa shape index (κ3) is 4.03. The van der Waals surface area contributed by atoms with E-state index in [1.165, 1.54) is 31.4 Å². The van der Waals surface area contributed by atoms with Gasteiger partial charge in [-0.15, -0.1) is 0 Å². The fourth-order valence-electron chi connectivity index (χ4n) is 3.36. The van der Waals surface area contributed by atoms with Crippen molar-refractivity contribution in [2.45, 2.75) is 6.04 Å². The van der Waals surface area contributed by atoms with Gasteiger partial charge in [0.05, 0.1) is 51.9 Å². The van der Waals surface area contributed by atoms with E-state index < -0.39 is 23.5 Å². The lowest BCUT2D eigenvalue weighted by atomic mass is 9.94. The molecule has 0 saturated heterocycles. The van der Waals surface area contributed by atoms with Gasteiger partial charge in [0.15, 0.2) is 11.5 Å². The smallest absolute Gasteiger partial charge is 0.290 e. The molecular weight excluding hydrogens is 394 g/mol. The molecule has 0 aliphatic carbocycles. The van der Waals surface area contributed by atoms with Crippen LogP contribution in [0.1, 0.15) is 22.2 Å². The van der Waals surface area contributed by atoms with Gasteiger partial charge in [0.2, 0.25) is 5.78 Å². The molecule has 9 heteroatoms. The van der Waals surface area contributed by atoms with Gasteiger partial charge in [-0.1, -0.05) is 0 Å². The number of aliphatic hydroxyl groups is 2. The van der Waals surface area contributed by atoms with E-state index in [9.17, 15) is 14.7 Å². The number of ether oxygens (including phenoxy) is 3. The Morgan fingerprint density at radius 3 is 2.63 bits per heavy atom. The Labute approximate surface area is 173 Å². The molecule has 1 amide bonds. The van der Waals surface area contributed by atoms with Crippen molar-refractivity contribution in [1.82, 2.24) is 4.90 Å². The van der Waals surface area contributed by atoms with Crippen LogP contribution in [0.15, 0.2) is 52.3 Å². The Hall–Kier alpha value is -3.30. The number of rotatable bonds is 10. The van der Waals surface area contributed by atoms with Gasteiger partial charge in [-0.2, -0.15) is 0 Å². The summed E-state index contributed by atoms with van der Waals surface area (Å²) in [5.74, 6) is -1.09. The van der Waals surface area contributed by atoms with Crippen LogP contribution in [-0.4, -0.2) is 67.4 Å². The van der Waals surface area contributed by atoms with Crippen LogP contribution in [0.2, 0.25) is 0 Å². The lowest BCUT2D eigenvalue weighted by Crippen LogP contribution is -2.34. The molecular formula is C21H23NO8. The van der Waals surface area contributed by atoms with E-state index in [4.69, 9.17) is 23.7 Å². The molecule has 1 aliphatic rings. The Morgan fingerprint density at radius 1 is 1.20 bits per heavy atom. The quantitative estimate of drug-likeness (QED) is 0.444. The van der Waals surface area contributed by atoms with Gasteiger partial charge in [0.25, 0.3) is 5.91 Å². The van der Waals surface area contributed by atoms with E-state index >= 15 is 0 Å². The molecule has 9 nitrogen and oxygen atoms in total. The highest BCUT2D eigenvalue weighted by atomic mass is 16.5. The van der Waals surface area contributed by atoms with E-state index in [0.29, 0.717) is 17.1 Å². The molecule has 1 aromatic heterocycles. The minimum Gasteiger partial charge on any atom is -0.503 e. The Kier molecular flexibility index (Phi) is 6.76. The summed E-state index contributed by atoms with van der Waals surface area (Å²) in [6.07, 6.45) is 1.34. The number of amides is 1. The van der Waals surface area contributed by atoms with Gasteiger partial charge >= 0.3 is 0 Å². The average molecular weight is 417 g/mol. The highest BCUT2D eigenvalue weighted by Crippen LogP contribution is 2.43. The highest BCUT2D eigenvalue weighted by Gasteiger charge is 2.45. The number of ketones is 1. The van der Waals surface area contributed by atoms with Crippen LogP contribution in [-0.2, 0) is 9.53 Å². The molecule has 0 radical (unpaired) electrons. The zero-order valence-corrected chi connectivity index (χ0v) is 16.7. The molecule has 3 rings (SSSR count). The third-order valence-corrected chi connectivity index (χ3v) is 4.74. The first-order chi connectivity index (χ1) is 14.5. The summed E-state index contributed by atoms with van der Waals surface area (Å²) in [5, 5.41) is 19.5. The summed E-state index contributed by atoms with van der Waals surface area (Å²) < 4.78 is 21.2. The van der Waals surface area contributed by atoms with Gasteiger partial charge < -0.3 is 33.7 Å². The van der Waals surface area contributed by atoms with Gasteiger partial charge in [-0.3, -0.25) is 9.59 Å². The van der Waals surface area contributed by atoms with E-state index in [1.54, 1.807) is 24.3 Å². The predicted molar refractivity (Wildman–Crippen MR) is 105 cm³/mol. The number of benzene rings is 1. The number of hydrogen-bond donors (Lipinski definition) is 2. The molecule has 0 saturated carbocycles. The number of carbonyl (C=O) groups excluding carboxylic acids is 2. The van der Waals surface area contributed by atoms with Gasteiger partial charge in [0, 0.05) is 12.1 Å². The first-order valence-corrected chi connectivity index (χ1v) is 9.26. The standard InChI is InChI=1S/C21H23NO8/c1-27-13-5-6-15(28-2)14(12-13)18-17(19(24)16-4-3-9-30-16)20(25)21(26)22(18)7-10-29-11-8-23/h3-6,9,12,18,23,25H,7-8,10-11H2,1-2H3/t18-/m1/s1. The van der Waals surface area contributed by atoms with Crippen LogP contribution >= 0.6 is 0 Å². The number of aliphatic hydroxyl groups excluding tert-OH is 2. The molecule has 0 bridgehead atoms. The number of methoxy groups -OCH3 is 2. The van der Waals surface area contributed by atoms with Crippen LogP contribution < -0.4 is 9.47 Å². The largest absolute Gasteiger partial charge is 0.503 e. The van der Waals surface area contributed by atoms with E-state index in [2.05, 4.69) is 0 Å². The zero-order valence-electron chi connectivity index (χ0n) is 16.7. The third-order valence-electron chi connectivity index (χ3n) is 4.74. The van der Waals surface area contributed by atoms with Crippen molar-refractivity contribution in [1.29, 1.82) is 0 Å². The number of furan rings is 1. The molecule has 2 heterocycles. The second kappa shape index (κ2) is 9.47. The summed E-state index contributed by atoms with van der Waals surface area (Å²) in [4.78, 5) is 27.3. The van der Waals surface area contributed by atoms with Crippen molar-refractivity contribution in [3.05, 3.63) is 59.3 Å². The van der Waals surface area contributed by atoms with Crippen LogP contribution in [0, 0.1) is 0 Å². The molecule has 0 spiro atoms. The second-order valence-corrected chi connectivity index (χ2v) is 6.41. The maximum absolute atomic E-state index is 13.1. The number of carbonyl (C=O) groups is 2. The lowest BCUT2D eigenvalue weighted by Gasteiger charge is -2.28. The van der Waals surface area contributed by atoms with Crippen LogP contribution in [0.25, 0.3) is 0 Å². The summed E-state index contributed by atoms with van der Waals surface area (Å²) in [7, 11) is 2.96. The van der Waals surface area contributed by atoms with Gasteiger partial charge in [0.1, 0.15) is 11.5 Å². The minimum atomic E-state index is -0.946. The molecule has 30 heavy (non-hydrogen) atoms. The van der Waals surface area contributed by atoms with Crippen LogP contribution in [0.3, 0.4) is 0 Å². The normalized spacial score (nSPS) is 16.3. The predicted octanol–water partition coefficient (Wildman–Crippen LogP) is 1.88. The van der Waals surface area contributed by atoms with E-state index in [-0.39, 0.29) is 37.7 Å². The fourth-order valence-corrected chi connectivity index (χ4v) is 3.36. The highest BCUT2D eigenvalue weighted by molar-refractivity contribution is 6.15. The molecule has 2 N–H and O–H groups in total. The summed E-state index contributed by atoms with van der Waals surface area (Å²) >= 11 is 0. The number of Topliss-reactive ketones (excluding diaryl/α,β-unsaturated/α-hetero) is 1. The van der Waals surface area contributed by atoms with Crippen LogP contribution in [0.5, 0.6) is 11.5 Å². The topological polar surface area (TPSA) is 119 Å². The number of hydrogen-bond acceptors (Lipinski definition) is 8. The molecule has 1 atom stereocenters. The first kappa shape index (κ1) is 21.4. The lowest BCUT2D eigenvalue weighted by molar-refractivity contribution is -0.130. The van der Waals surface area contributed by atoms with Crippen molar-refractivity contribution < 1.29 is 38.4 Å². The summed E-state index contributed by atoms with van der Waals surface area (Å²) in [6.45, 7) is 0.118. The first-order valence-electron chi connectivity index (χ1n) is 9.26. The zero-order chi connectivity index (χ0) is 21.7. The maximum Gasteiger partial charge on any atom is 0.290 e. The van der Waals surface area contributed by atoms with E-state index in [0.717, 1.165) is 0 Å². The summed E-state index contributed by atoms with van der Waals surface area (Å²) in [6, 6.07) is 7.04. The maximum atomic E-state index is 13.1. The average Bonchev–Trinajstić information content (AvgIpc) is 3.38. The fraction of sp³-hybridized carbons (Fsp3) is 0.333. The molecule has 160 valence electrons. The van der Waals surface area contributed by atoms with Gasteiger partial charge in [-0.05, 0) is 30.3 Å². The second-order valence-electron chi connectivity index (χ2n) is 6.41.